The van der Waals surface area contributed by atoms with Crippen molar-refractivity contribution in [2.24, 2.45) is 0 Å². The molecule has 0 bridgehead atoms. The molecule has 1 heterocycles. The Morgan fingerprint density at radius 2 is 1.86 bits per heavy atom. The van der Waals surface area contributed by atoms with Gasteiger partial charge >= 0.3 is 0 Å². The summed E-state index contributed by atoms with van der Waals surface area (Å²) in [6, 6.07) is 11.0. The van der Waals surface area contributed by atoms with E-state index >= 15 is 0 Å². The Labute approximate surface area is 172 Å². The molecule has 0 saturated heterocycles. The maximum Gasteiger partial charge on any atom is 0.249 e. The number of rotatable bonds is 6. The summed E-state index contributed by atoms with van der Waals surface area (Å²) in [5, 5.41) is 10.9. The monoisotopic (exact) mass is 414 g/mol. The van der Waals surface area contributed by atoms with Crippen molar-refractivity contribution in [3.05, 3.63) is 65.2 Å². The highest BCUT2D eigenvalue weighted by Crippen LogP contribution is 2.32. The zero-order valence-corrected chi connectivity index (χ0v) is 16.9. The minimum Gasteiger partial charge on any atom is -0.367 e. The second-order valence-electron chi connectivity index (χ2n) is 6.02. The van der Waals surface area contributed by atoms with Crippen LogP contribution in [0.25, 0.3) is 0 Å². The van der Waals surface area contributed by atoms with Crippen molar-refractivity contribution in [1.29, 1.82) is 0 Å². The predicted molar refractivity (Wildman–Crippen MR) is 115 cm³/mol. The molecule has 2 aromatic carbocycles. The van der Waals surface area contributed by atoms with E-state index in [1.54, 1.807) is 16.2 Å². The van der Waals surface area contributed by atoms with Crippen LogP contribution in [0.4, 0.5) is 23.3 Å². The number of nitrogen functional groups attached to an aromatic ring is 1. The van der Waals surface area contributed by atoms with E-state index in [-0.39, 0.29) is 11.9 Å². The molecular formula is C19H19ClN6OS. The average Bonchev–Trinajstić information content (AvgIpc) is 2.99. The average molecular weight is 415 g/mol. The lowest BCUT2D eigenvalue weighted by atomic mass is 10.1. The second-order valence-corrected chi connectivity index (χ2v) is 7.40. The highest BCUT2D eigenvalue weighted by atomic mass is 35.5. The minimum atomic E-state index is -0.252. The lowest BCUT2D eigenvalue weighted by Crippen LogP contribution is -2.08. The summed E-state index contributed by atoms with van der Waals surface area (Å²) in [5.41, 5.74) is 9.49. The molecule has 0 radical (unpaired) electrons. The summed E-state index contributed by atoms with van der Waals surface area (Å²) in [4.78, 5) is 16.7. The van der Waals surface area contributed by atoms with Gasteiger partial charge in [-0.05, 0) is 67.4 Å². The number of benzene rings is 2. The topological polar surface area (TPSA) is 97.9 Å². The number of nitrogens with one attached hydrogen (secondary N) is 2. The first-order chi connectivity index (χ1) is 13.4. The first-order valence-electron chi connectivity index (χ1n) is 8.34. The number of anilines is 4. The van der Waals surface area contributed by atoms with Crippen LogP contribution in [0.2, 0.25) is 5.02 Å². The summed E-state index contributed by atoms with van der Waals surface area (Å²) >= 11 is 7.26. The number of nitrogens with two attached hydrogens (primary N) is 1. The van der Waals surface area contributed by atoms with Gasteiger partial charge in [-0.25, -0.2) is 0 Å². The fourth-order valence-corrected chi connectivity index (χ4v) is 3.50. The van der Waals surface area contributed by atoms with E-state index in [0.717, 1.165) is 21.7 Å². The zero-order valence-electron chi connectivity index (χ0n) is 15.4. The standard InChI is InChI=1S/C19H19ClN6OS/c1-4-16(27)22-15-9-11(2)17(12(3)10-15)28-26-18(21)24-19(25-26)23-14-7-5-13(20)6-8-14/h4-10H,1H2,2-3H3,(H,22,27)(H3,21,23,24,25). The first kappa shape index (κ1) is 19.8. The number of aromatic nitrogens is 3. The van der Waals surface area contributed by atoms with Crippen LogP contribution in [0.1, 0.15) is 11.1 Å². The van der Waals surface area contributed by atoms with Gasteiger partial charge < -0.3 is 16.4 Å². The largest absolute Gasteiger partial charge is 0.367 e. The number of amides is 1. The van der Waals surface area contributed by atoms with Gasteiger partial charge in [0.05, 0.1) is 0 Å². The number of hydrogen-bond donors (Lipinski definition) is 3. The lowest BCUT2D eigenvalue weighted by Gasteiger charge is -2.12. The van der Waals surface area contributed by atoms with Crippen LogP contribution in [0.5, 0.6) is 0 Å². The number of carbonyl (C=O) groups excluding carboxylic acids is 1. The quantitative estimate of drug-likeness (QED) is 0.512. The van der Waals surface area contributed by atoms with Crippen molar-refractivity contribution in [2.45, 2.75) is 18.7 Å². The Morgan fingerprint density at radius 3 is 2.46 bits per heavy atom. The first-order valence-corrected chi connectivity index (χ1v) is 9.49. The molecule has 3 aromatic rings. The van der Waals surface area contributed by atoms with Crippen molar-refractivity contribution in [3.63, 3.8) is 0 Å². The summed E-state index contributed by atoms with van der Waals surface area (Å²) in [6.45, 7) is 7.37. The van der Waals surface area contributed by atoms with Crippen molar-refractivity contribution in [1.82, 2.24) is 14.2 Å². The molecule has 3 rings (SSSR count). The molecule has 28 heavy (non-hydrogen) atoms. The fraction of sp³-hybridized carbons (Fsp3) is 0.105. The summed E-state index contributed by atoms with van der Waals surface area (Å²) < 4.78 is 1.55. The Kier molecular flexibility index (Phi) is 5.91. The smallest absolute Gasteiger partial charge is 0.249 e. The summed E-state index contributed by atoms with van der Waals surface area (Å²) in [5.74, 6) is 0.402. The molecule has 7 nitrogen and oxygen atoms in total. The van der Waals surface area contributed by atoms with Crippen LogP contribution < -0.4 is 16.4 Å². The molecule has 1 amide bonds. The number of aryl methyl sites for hydroxylation is 2. The maximum absolute atomic E-state index is 11.5. The van der Waals surface area contributed by atoms with E-state index in [2.05, 4.69) is 27.3 Å². The van der Waals surface area contributed by atoms with Gasteiger partial charge in [0.2, 0.25) is 17.8 Å². The van der Waals surface area contributed by atoms with Crippen molar-refractivity contribution >= 4 is 52.7 Å². The Balaban J connectivity index is 1.80. The van der Waals surface area contributed by atoms with Gasteiger partial charge in [0.25, 0.3) is 0 Å². The van der Waals surface area contributed by atoms with Crippen LogP contribution in [0.3, 0.4) is 0 Å². The van der Waals surface area contributed by atoms with Gasteiger partial charge in [0, 0.05) is 33.2 Å². The molecule has 1 aromatic heterocycles. The van der Waals surface area contributed by atoms with Gasteiger partial charge in [-0.15, -0.1) is 5.10 Å². The zero-order chi connectivity index (χ0) is 20.3. The van der Waals surface area contributed by atoms with E-state index in [9.17, 15) is 4.79 Å². The normalized spacial score (nSPS) is 10.5. The molecule has 0 unspecified atom stereocenters. The molecular weight excluding hydrogens is 396 g/mol. The Hall–Kier alpha value is -2.97. The van der Waals surface area contributed by atoms with E-state index in [0.29, 0.717) is 16.7 Å². The predicted octanol–water partition coefficient (Wildman–Crippen LogP) is 4.55. The third-order valence-electron chi connectivity index (χ3n) is 3.79. The molecule has 0 aliphatic heterocycles. The molecule has 4 N–H and O–H groups in total. The molecule has 0 fully saturated rings. The fourth-order valence-electron chi connectivity index (χ4n) is 2.54. The van der Waals surface area contributed by atoms with Crippen LogP contribution in [0.15, 0.2) is 53.9 Å². The number of hydrogen-bond acceptors (Lipinski definition) is 6. The van der Waals surface area contributed by atoms with Crippen LogP contribution in [0, 0.1) is 13.8 Å². The lowest BCUT2D eigenvalue weighted by molar-refractivity contribution is -0.111. The number of carbonyl (C=O) groups is 1. The van der Waals surface area contributed by atoms with Gasteiger partial charge in [-0.2, -0.15) is 9.07 Å². The molecule has 144 valence electrons. The van der Waals surface area contributed by atoms with Crippen molar-refractivity contribution in [3.8, 4) is 0 Å². The van der Waals surface area contributed by atoms with Gasteiger partial charge in [-0.3, -0.25) is 4.79 Å². The third kappa shape index (κ3) is 4.65. The van der Waals surface area contributed by atoms with Gasteiger partial charge in [0.15, 0.2) is 0 Å². The number of nitrogens with zero attached hydrogens (tertiary/aromatic N) is 3. The third-order valence-corrected chi connectivity index (χ3v) is 5.31. The number of halogens is 1. The van der Waals surface area contributed by atoms with Crippen LogP contribution >= 0.6 is 23.5 Å². The van der Waals surface area contributed by atoms with E-state index in [4.69, 9.17) is 17.3 Å². The van der Waals surface area contributed by atoms with E-state index in [1.165, 1.54) is 18.0 Å². The van der Waals surface area contributed by atoms with Crippen molar-refractivity contribution in [2.75, 3.05) is 16.4 Å². The molecule has 0 atom stereocenters. The highest BCUT2D eigenvalue weighted by molar-refractivity contribution is 7.98. The molecule has 0 aliphatic carbocycles. The maximum atomic E-state index is 11.5. The summed E-state index contributed by atoms with van der Waals surface area (Å²) in [6.07, 6.45) is 1.23. The van der Waals surface area contributed by atoms with E-state index in [1.807, 2.05) is 38.1 Å². The molecule has 9 heteroatoms. The van der Waals surface area contributed by atoms with Crippen LogP contribution in [-0.4, -0.2) is 20.1 Å². The van der Waals surface area contributed by atoms with Gasteiger partial charge in [-0.1, -0.05) is 18.2 Å². The molecule has 0 spiro atoms. The SMILES string of the molecule is C=CC(=O)Nc1cc(C)c(Sn2nc(Nc3ccc(Cl)cc3)nc2N)c(C)c1. The minimum absolute atomic E-state index is 0.252. The highest BCUT2D eigenvalue weighted by Gasteiger charge is 2.13. The molecule has 0 aliphatic rings. The van der Waals surface area contributed by atoms with Crippen molar-refractivity contribution < 1.29 is 4.79 Å². The van der Waals surface area contributed by atoms with Crippen LogP contribution in [-0.2, 0) is 4.79 Å². The second kappa shape index (κ2) is 8.37. The molecule has 0 saturated carbocycles. The Bertz CT molecular complexity index is 1010. The Morgan fingerprint density at radius 1 is 1.21 bits per heavy atom. The summed E-state index contributed by atoms with van der Waals surface area (Å²) in [7, 11) is 0. The van der Waals surface area contributed by atoms with Gasteiger partial charge in [0.1, 0.15) is 0 Å². The van der Waals surface area contributed by atoms with E-state index < -0.39 is 0 Å².